The minimum Gasteiger partial charge on any atom is -0.366 e. The van der Waals surface area contributed by atoms with Crippen LogP contribution in [0.25, 0.3) is 0 Å². The molecule has 2 heterocycles. The lowest BCUT2D eigenvalue weighted by Crippen LogP contribution is -2.03. The molecule has 2 aromatic heterocycles. The summed E-state index contributed by atoms with van der Waals surface area (Å²) in [5.41, 5.74) is 6.39. The van der Waals surface area contributed by atoms with E-state index < -0.39 is 0 Å². The first-order valence-corrected chi connectivity index (χ1v) is 5.27. The minimum absolute atomic E-state index is 0.233. The first kappa shape index (κ1) is 10.4. The molecule has 0 saturated carbocycles. The van der Waals surface area contributed by atoms with Gasteiger partial charge in [0.15, 0.2) is 4.73 Å². The highest BCUT2D eigenvalue weighted by molar-refractivity contribution is 9.10. The molecule has 0 radical (unpaired) electrons. The second-order valence-electron chi connectivity index (χ2n) is 2.91. The third kappa shape index (κ3) is 2.45. The Morgan fingerprint density at radius 2 is 2.27 bits per heavy atom. The highest BCUT2D eigenvalue weighted by Crippen LogP contribution is 2.13. The molecule has 0 saturated heterocycles. The highest BCUT2D eigenvalue weighted by atomic mass is 79.9. The number of nitrogens with zero attached hydrogens (tertiary/aromatic N) is 4. The highest BCUT2D eigenvalue weighted by Gasteiger charge is 2.05. The minimum atomic E-state index is 0.233. The van der Waals surface area contributed by atoms with Crippen molar-refractivity contribution in [2.45, 2.75) is 6.54 Å². The van der Waals surface area contributed by atoms with E-state index >= 15 is 0 Å². The van der Waals surface area contributed by atoms with Crippen LogP contribution in [0.4, 0.5) is 5.95 Å². The van der Waals surface area contributed by atoms with Gasteiger partial charge >= 0.3 is 0 Å². The van der Waals surface area contributed by atoms with Gasteiger partial charge in [-0.2, -0.15) is 4.98 Å². The fourth-order valence-corrected chi connectivity index (χ4v) is 1.74. The molecule has 0 atom stereocenters. The summed E-state index contributed by atoms with van der Waals surface area (Å²) >= 11 is 9.06. The molecule has 7 heteroatoms. The van der Waals surface area contributed by atoms with Gasteiger partial charge in [-0.25, -0.2) is 4.68 Å². The summed E-state index contributed by atoms with van der Waals surface area (Å²) in [6, 6.07) is 1.82. The number of hydrogen-bond acceptors (Lipinski definition) is 4. The van der Waals surface area contributed by atoms with Crippen LogP contribution in [-0.2, 0) is 6.54 Å². The monoisotopic (exact) mass is 287 g/mol. The van der Waals surface area contributed by atoms with Crippen LogP contribution < -0.4 is 5.73 Å². The van der Waals surface area contributed by atoms with Crippen molar-refractivity contribution >= 4 is 33.5 Å². The molecule has 0 aliphatic carbocycles. The summed E-state index contributed by atoms with van der Waals surface area (Å²) in [4.78, 5) is 7.90. The van der Waals surface area contributed by atoms with E-state index in [1.807, 2.05) is 6.07 Å². The first-order chi connectivity index (χ1) is 7.15. The third-order valence-electron chi connectivity index (χ3n) is 1.74. The normalized spacial score (nSPS) is 10.5. The Hall–Kier alpha value is -1.14. The Kier molecular flexibility index (Phi) is 2.88. The smallest absolute Gasteiger partial charge is 0.240 e. The van der Waals surface area contributed by atoms with Gasteiger partial charge in [-0.1, -0.05) is 11.6 Å². The van der Waals surface area contributed by atoms with Crippen molar-refractivity contribution in [1.82, 2.24) is 19.7 Å². The van der Waals surface area contributed by atoms with Crippen LogP contribution in [0.2, 0.25) is 5.02 Å². The SMILES string of the molecule is Nc1nc(Br)n(Cc2cncc(Cl)c2)n1. The van der Waals surface area contributed by atoms with Gasteiger partial charge in [0.2, 0.25) is 5.95 Å². The molecule has 78 valence electrons. The summed E-state index contributed by atoms with van der Waals surface area (Å²) in [5, 5.41) is 4.59. The van der Waals surface area contributed by atoms with Crippen LogP contribution in [-0.4, -0.2) is 19.7 Å². The van der Waals surface area contributed by atoms with Crippen LogP contribution >= 0.6 is 27.5 Å². The molecule has 0 unspecified atom stereocenters. The van der Waals surface area contributed by atoms with Crippen molar-refractivity contribution in [1.29, 1.82) is 0 Å². The molecule has 0 aliphatic rings. The zero-order chi connectivity index (χ0) is 10.8. The van der Waals surface area contributed by atoms with Gasteiger partial charge in [0.05, 0.1) is 11.6 Å². The van der Waals surface area contributed by atoms with E-state index in [0.29, 0.717) is 16.3 Å². The maximum atomic E-state index is 5.81. The second-order valence-corrected chi connectivity index (χ2v) is 4.05. The molecule has 0 spiro atoms. The van der Waals surface area contributed by atoms with Crippen molar-refractivity contribution in [2.75, 3.05) is 5.73 Å². The average Bonchev–Trinajstić information content (AvgIpc) is 2.45. The third-order valence-corrected chi connectivity index (χ3v) is 2.53. The topological polar surface area (TPSA) is 69.6 Å². The maximum Gasteiger partial charge on any atom is 0.240 e. The fourth-order valence-electron chi connectivity index (χ4n) is 1.16. The molecule has 0 bridgehead atoms. The van der Waals surface area contributed by atoms with Crippen molar-refractivity contribution < 1.29 is 0 Å². The van der Waals surface area contributed by atoms with Gasteiger partial charge in [0.25, 0.3) is 0 Å². The van der Waals surface area contributed by atoms with E-state index in [-0.39, 0.29) is 5.95 Å². The van der Waals surface area contributed by atoms with E-state index in [9.17, 15) is 0 Å². The Morgan fingerprint density at radius 3 is 2.87 bits per heavy atom. The second kappa shape index (κ2) is 4.16. The zero-order valence-corrected chi connectivity index (χ0v) is 9.90. The van der Waals surface area contributed by atoms with Gasteiger partial charge in [0.1, 0.15) is 0 Å². The van der Waals surface area contributed by atoms with Crippen molar-refractivity contribution in [3.8, 4) is 0 Å². The summed E-state index contributed by atoms with van der Waals surface area (Å²) in [6.45, 7) is 0.526. The molecule has 0 amide bonds. The van der Waals surface area contributed by atoms with Crippen molar-refractivity contribution in [3.05, 3.63) is 33.8 Å². The fraction of sp³-hybridized carbons (Fsp3) is 0.125. The van der Waals surface area contributed by atoms with Gasteiger partial charge in [-0.15, -0.1) is 5.10 Å². The van der Waals surface area contributed by atoms with Crippen LogP contribution in [0.3, 0.4) is 0 Å². The van der Waals surface area contributed by atoms with Gasteiger partial charge in [-0.05, 0) is 27.6 Å². The first-order valence-electron chi connectivity index (χ1n) is 4.10. The van der Waals surface area contributed by atoms with Crippen LogP contribution in [0, 0.1) is 0 Å². The summed E-state index contributed by atoms with van der Waals surface area (Å²) in [5.74, 6) is 0.233. The van der Waals surface area contributed by atoms with E-state index in [2.05, 4.69) is 31.0 Å². The van der Waals surface area contributed by atoms with E-state index in [1.165, 1.54) is 0 Å². The molecule has 2 aromatic rings. The molecule has 0 aliphatic heterocycles. The number of aromatic nitrogens is 4. The molecule has 5 nitrogen and oxygen atoms in total. The predicted molar refractivity (Wildman–Crippen MR) is 60.5 cm³/mol. The number of rotatable bonds is 2. The van der Waals surface area contributed by atoms with E-state index in [4.69, 9.17) is 17.3 Å². The van der Waals surface area contributed by atoms with Crippen molar-refractivity contribution in [2.24, 2.45) is 0 Å². The largest absolute Gasteiger partial charge is 0.366 e. The number of nitrogens with two attached hydrogens (primary N) is 1. The Bertz CT molecular complexity index is 484. The summed E-state index contributed by atoms with van der Waals surface area (Å²) in [7, 11) is 0. The lowest BCUT2D eigenvalue weighted by Gasteiger charge is -2.01. The average molecular weight is 289 g/mol. The van der Waals surface area contributed by atoms with E-state index in [1.54, 1.807) is 17.1 Å². The molecule has 0 aromatic carbocycles. The zero-order valence-electron chi connectivity index (χ0n) is 7.56. The van der Waals surface area contributed by atoms with Crippen LogP contribution in [0.15, 0.2) is 23.2 Å². The number of anilines is 1. The molecule has 15 heavy (non-hydrogen) atoms. The summed E-state index contributed by atoms with van der Waals surface area (Å²) in [6.07, 6.45) is 3.30. The standard InChI is InChI=1S/C8H7BrClN5/c9-7-13-8(11)14-15(7)4-5-1-6(10)3-12-2-5/h1-3H,4H2,(H2,11,14). The Morgan fingerprint density at radius 1 is 1.47 bits per heavy atom. The van der Waals surface area contributed by atoms with E-state index in [0.717, 1.165) is 5.56 Å². The molecular weight excluding hydrogens is 281 g/mol. The number of pyridine rings is 1. The number of halogens is 2. The Balaban J connectivity index is 2.25. The number of nitrogen functional groups attached to an aromatic ring is 1. The predicted octanol–water partition coefficient (Wildman–Crippen LogP) is 1.72. The lowest BCUT2D eigenvalue weighted by atomic mass is 10.3. The Labute approximate surface area is 99.4 Å². The van der Waals surface area contributed by atoms with Crippen LogP contribution in [0.1, 0.15) is 5.56 Å². The van der Waals surface area contributed by atoms with Crippen LogP contribution in [0.5, 0.6) is 0 Å². The molecule has 2 rings (SSSR count). The van der Waals surface area contributed by atoms with Gasteiger partial charge < -0.3 is 5.73 Å². The molecular formula is C8H7BrClN5. The van der Waals surface area contributed by atoms with Crippen molar-refractivity contribution in [3.63, 3.8) is 0 Å². The number of hydrogen-bond donors (Lipinski definition) is 1. The summed E-state index contributed by atoms with van der Waals surface area (Å²) < 4.78 is 2.21. The lowest BCUT2D eigenvalue weighted by molar-refractivity contribution is 0.668. The molecule has 0 fully saturated rings. The molecule has 2 N–H and O–H groups in total. The maximum absolute atomic E-state index is 5.81. The quantitative estimate of drug-likeness (QED) is 0.913. The van der Waals surface area contributed by atoms with Gasteiger partial charge in [-0.3, -0.25) is 4.98 Å². The van der Waals surface area contributed by atoms with Gasteiger partial charge in [0, 0.05) is 12.4 Å².